The van der Waals surface area contributed by atoms with Crippen molar-refractivity contribution in [1.82, 2.24) is 9.88 Å². The number of aromatic nitrogens is 1. The molecule has 29 heavy (non-hydrogen) atoms. The molecular formula is C23H30FN3O2. The monoisotopic (exact) mass is 399 g/mol. The van der Waals surface area contributed by atoms with Crippen molar-refractivity contribution < 1.29 is 13.9 Å². The Morgan fingerprint density at radius 2 is 2.10 bits per heavy atom. The van der Waals surface area contributed by atoms with Crippen LogP contribution in [0.25, 0.3) is 10.9 Å². The maximum Gasteiger partial charge on any atom is 0.163 e. The van der Waals surface area contributed by atoms with Crippen molar-refractivity contribution in [2.45, 2.75) is 57.2 Å². The van der Waals surface area contributed by atoms with Gasteiger partial charge in [-0.2, -0.15) is 0 Å². The molecule has 5 nitrogen and oxygen atoms in total. The minimum Gasteiger partial charge on any atom is -0.493 e. The second-order valence-electron chi connectivity index (χ2n) is 8.59. The standard InChI is InChI=1S/C23H30FN3O2/c1-28-21-12-18-20(13-22(21)29-11-3-9-27-10-8-15(24)14-27)26-19-5-2-4-17(19)23(18)25-16-6-7-16/h12-13,15-16H,2-11,14H2,1H3,(H,25,26)/t15-/m1/s1. The van der Waals surface area contributed by atoms with Crippen LogP contribution in [-0.4, -0.2) is 55.4 Å². The number of hydrogen-bond acceptors (Lipinski definition) is 5. The zero-order valence-corrected chi connectivity index (χ0v) is 17.2. The molecule has 0 radical (unpaired) electrons. The van der Waals surface area contributed by atoms with Gasteiger partial charge in [0.25, 0.3) is 0 Å². The molecule has 1 aromatic heterocycles. The minimum absolute atomic E-state index is 0.561. The van der Waals surface area contributed by atoms with Crippen LogP contribution in [0.15, 0.2) is 12.1 Å². The number of nitrogens with zero attached hydrogens (tertiary/aromatic N) is 2. The van der Waals surface area contributed by atoms with E-state index in [1.165, 1.54) is 36.2 Å². The van der Waals surface area contributed by atoms with Crippen molar-refractivity contribution in [3.63, 3.8) is 0 Å². The van der Waals surface area contributed by atoms with Gasteiger partial charge in [-0.3, -0.25) is 4.98 Å². The number of anilines is 1. The van der Waals surface area contributed by atoms with E-state index < -0.39 is 6.17 Å². The van der Waals surface area contributed by atoms with Crippen molar-refractivity contribution in [3.05, 3.63) is 23.4 Å². The lowest BCUT2D eigenvalue weighted by molar-refractivity contribution is 0.243. The number of fused-ring (bicyclic) bond motifs is 2. The van der Waals surface area contributed by atoms with Crippen LogP contribution < -0.4 is 14.8 Å². The first kappa shape index (κ1) is 18.9. The highest BCUT2D eigenvalue weighted by Gasteiger charge is 2.27. The number of aryl methyl sites for hydroxylation is 1. The van der Waals surface area contributed by atoms with Crippen molar-refractivity contribution in [2.75, 3.05) is 38.7 Å². The Bertz CT molecular complexity index is 900. The van der Waals surface area contributed by atoms with E-state index in [2.05, 4.69) is 16.3 Å². The lowest BCUT2D eigenvalue weighted by atomic mass is 10.1. The van der Waals surface area contributed by atoms with Gasteiger partial charge in [-0.25, -0.2) is 4.39 Å². The Balaban J connectivity index is 1.35. The van der Waals surface area contributed by atoms with Gasteiger partial charge in [0.2, 0.25) is 0 Å². The largest absolute Gasteiger partial charge is 0.493 e. The zero-order chi connectivity index (χ0) is 19.8. The van der Waals surface area contributed by atoms with Gasteiger partial charge >= 0.3 is 0 Å². The SMILES string of the molecule is COc1cc2c(NC3CC3)c3c(nc2cc1OCCCN1CC[C@@H](F)C1)CCC3. The molecule has 0 bridgehead atoms. The topological polar surface area (TPSA) is 46.6 Å². The molecule has 1 atom stereocenters. The third-order valence-electron chi connectivity index (χ3n) is 6.31. The highest BCUT2D eigenvalue weighted by Crippen LogP contribution is 2.41. The number of rotatable bonds is 8. The smallest absolute Gasteiger partial charge is 0.163 e. The van der Waals surface area contributed by atoms with Gasteiger partial charge in [-0.15, -0.1) is 0 Å². The number of hydrogen-bond donors (Lipinski definition) is 1. The predicted molar refractivity (Wildman–Crippen MR) is 113 cm³/mol. The minimum atomic E-state index is -0.664. The first-order chi connectivity index (χ1) is 14.2. The molecule has 1 N–H and O–H groups in total. The summed E-state index contributed by atoms with van der Waals surface area (Å²) >= 11 is 0. The number of nitrogens with one attached hydrogen (secondary N) is 1. The first-order valence-electron chi connectivity index (χ1n) is 11.0. The van der Waals surface area contributed by atoms with E-state index in [-0.39, 0.29) is 0 Å². The maximum atomic E-state index is 13.3. The summed E-state index contributed by atoms with van der Waals surface area (Å²) < 4.78 is 25.0. The molecule has 156 valence electrons. The molecule has 3 aliphatic rings. The van der Waals surface area contributed by atoms with Crippen LogP contribution in [0.2, 0.25) is 0 Å². The molecule has 1 saturated carbocycles. The maximum absolute atomic E-state index is 13.3. The van der Waals surface area contributed by atoms with Gasteiger partial charge in [0.1, 0.15) is 6.17 Å². The molecule has 1 aliphatic heterocycles. The number of methoxy groups -OCH3 is 1. The number of benzene rings is 1. The highest BCUT2D eigenvalue weighted by atomic mass is 19.1. The summed E-state index contributed by atoms with van der Waals surface area (Å²) in [6.45, 7) is 2.88. The molecule has 1 aromatic carbocycles. The van der Waals surface area contributed by atoms with Crippen LogP contribution in [0.5, 0.6) is 11.5 Å². The van der Waals surface area contributed by atoms with E-state index in [1.807, 2.05) is 6.07 Å². The van der Waals surface area contributed by atoms with Crippen molar-refractivity contribution in [3.8, 4) is 11.5 Å². The molecule has 6 heteroatoms. The number of alkyl halides is 1. The average molecular weight is 400 g/mol. The second kappa shape index (κ2) is 7.98. The van der Waals surface area contributed by atoms with E-state index in [9.17, 15) is 4.39 Å². The summed E-state index contributed by atoms with van der Waals surface area (Å²) in [5.41, 5.74) is 4.84. The Labute approximate surface area is 171 Å². The fourth-order valence-corrected chi connectivity index (χ4v) is 4.60. The predicted octanol–water partition coefficient (Wildman–Crippen LogP) is 4.12. The summed E-state index contributed by atoms with van der Waals surface area (Å²) in [6.07, 6.45) is 6.69. The summed E-state index contributed by atoms with van der Waals surface area (Å²) in [5.74, 6) is 1.49. The third kappa shape index (κ3) is 4.00. The fourth-order valence-electron chi connectivity index (χ4n) is 4.60. The van der Waals surface area contributed by atoms with Gasteiger partial charge in [-0.1, -0.05) is 0 Å². The Morgan fingerprint density at radius 3 is 2.86 bits per heavy atom. The van der Waals surface area contributed by atoms with Gasteiger partial charge in [0.15, 0.2) is 11.5 Å². The van der Waals surface area contributed by atoms with E-state index in [1.54, 1.807) is 7.11 Å². The van der Waals surface area contributed by atoms with Gasteiger partial charge in [0, 0.05) is 48.5 Å². The van der Waals surface area contributed by atoms with Crippen LogP contribution in [-0.2, 0) is 12.8 Å². The Hall–Kier alpha value is -2.08. The highest BCUT2D eigenvalue weighted by molar-refractivity contribution is 5.96. The van der Waals surface area contributed by atoms with Crippen molar-refractivity contribution >= 4 is 16.6 Å². The van der Waals surface area contributed by atoms with E-state index >= 15 is 0 Å². The van der Waals surface area contributed by atoms with Crippen LogP contribution >= 0.6 is 0 Å². The number of pyridine rings is 1. The van der Waals surface area contributed by atoms with Crippen molar-refractivity contribution in [1.29, 1.82) is 0 Å². The molecule has 0 amide bonds. The lowest BCUT2D eigenvalue weighted by Crippen LogP contribution is -2.23. The number of likely N-dealkylation sites (tertiary alicyclic amines) is 1. The van der Waals surface area contributed by atoms with Crippen LogP contribution in [0.3, 0.4) is 0 Å². The van der Waals surface area contributed by atoms with Crippen molar-refractivity contribution in [2.24, 2.45) is 0 Å². The van der Waals surface area contributed by atoms with E-state index in [4.69, 9.17) is 14.5 Å². The molecule has 2 aliphatic carbocycles. The van der Waals surface area contributed by atoms with Gasteiger partial charge in [0.05, 0.1) is 19.2 Å². The summed E-state index contributed by atoms with van der Waals surface area (Å²) in [7, 11) is 1.69. The molecule has 0 unspecified atom stereocenters. The van der Waals surface area contributed by atoms with Gasteiger partial charge < -0.3 is 19.7 Å². The van der Waals surface area contributed by atoms with E-state index in [0.29, 0.717) is 25.6 Å². The normalized spacial score (nSPS) is 21.5. The lowest BCUT2D eigenvalue weighted by Gasteiger charge is -2.18. The molecular weight excluding hydrogens is 369 g/mol. The summed E-state index contributed by atoms with van der Waals surface area (Å²) in [4.78, 5) is 7.13. The molecule has 0 spiro atoms. The summed E-state index contributed by atoms with van der Waals surface area (Å²) in [6, 6.07) is 4.70. The number of halogens is 1. The summed E-state index contributed by atoms with van der Waals surface area (Å²) in [5, 5.41) is 4.88. The van der Waals surface area contributed by atoms with Crippen LogP contribution in [0, 0.1) is 0 Å². The third-order valence-corrected chi connectivity index (χ3v) is 6.31. The Kier molecular flexibility index (Phi) is 5.20. The molecule has 1 saturated heterocycles. The molecule has 2 heterocycles. The zero-order valence-electron chi connectivity index (χ0n) is 17.2. The first-order valence-corrected chi connectivity index (χ1v) is 11.0. The second-order valence-corrected chi connectivity index (χ2v) is 8.59. The average Bonchev–Trinajstić information content (AvgIpc) is 3.25. The Morgan fingerprint density at radius 1 is 1.21 bits per heavy atom. The quantitative estimate of drug-likeness (QED) is 0.677. The molecule has 2 fully saturated rings. The van der Waals surface area contributed by atoms with Crippen LogP contribution in [0.4, 0.5) is 10.1 Å². The van der Waals surface area contributed by atoms with E-state index in [0.717, 1.165) is 54.8 Å². The fraction of sp³-hybridized carbons (Fsp3) is 0.609. The molecule has 2 aromatic rings. The molecule has 5 rings (SSSR count). The number of ether oxygens (including phenoxy) is 2. The van der Waals surface area contributed by atoms with Gasteiger partial charge in [-0.05, 0) is 56.6 Å². The van der Waals surface area contributed by atoms with Crippen LogP contribution in [0.1, 0.15) is 43.4 Å².